The van der Waals surface area contributed by atoms with Crippen molar-refractivity contribution in [3.05, 3.63) is 65.7 Å². The Hall–Kier alpha value is -2.53. The van der Waals surface area contributed by atoms with Crippen LogP contribution in [0.5, 0.6) is 5.75 Å². The number of carbonyl (C=O) groups is 1. The van der Waals surface area contributed by atoms with E-state index in [9.17, 15) is 4.79 Å². The standard InChI is InChI=1S/C19H22N2O3/c1-23-17-9-7-15(8-10-17)13-20-19(22)21-11-12-24-18(14-21)16-5-3-2-4-6-16/h2-10,18H,11-14H2,1H3,(H,20,22)/t18-/m0/s1. The van der Waals surface area contributed by atoms with Gasteiger partial charge in [-0.1, -0.05) is 42.5 Å². The Labute approximate surface area is 142 Å². The van der Waals surface area contributed by atoms with Crippen molar-refractivity contribution in [2.75, 3.05) is 26.8 Å². The maximum Gasteiger partial charge on any atom is 0.317 e. The summed E-state index contributed by atoms with van der Waals surface area (Å²) in [5.41, 5.74) is 2.14. The fourth-order valence-electron chi connectivity index (χ4n) is 2.74. The van der Waals surface area contributed by atoms with Crippen molar-refractivity contribution in [3.63, 3.8) is 0 Å². The zero-order valence-corrected chi connectivity index (χ0v) is 13.8. The van der Waals surface area contributed by atoms with Gasteiger partial charge in [0, 0.05) is 13.1 Å². The minimum Gasteiger partial charge on any atom is -0.497 e. The molecule has 2 aromatic rings. The third kappa shape index (κ3) is 4.06. The molecule has 1 saturated heterocycles. The van der Waals surface area contributed by atoms with E-state index in [0.717, 1.165) is 16.9 Å². The van der Waals surface area contributed by atoms with E-state index in [1.54, 1.807) is 7.11 Å². The number of rotatable bonds is 4. The first kappa shape index (κ1) is 16.3. The van der Waals surface area contributed by atoms with Crippen LogP contribution in [-0.2, 0) is 11.3 Å². The van der Waals surface area contributed by atoms with Crippen LogP contribution in [0.1, 0.15) is 17.2 Å². The van der Waals surface area contributed by atoms with Gasteiger partial charge in [0.15, 0.2) is 0 Å². The van der Waals surface area contributed by atoms with E-state index >= 15 is 0 Å². The molecule has 2 aromatic carbocycles. The quantitative estimate of drug-likeness (QED) is 0.940. The van der Waals surface area contributed by atoms with Gasteiger partial charge in [-0.05, 0) is 23.3 Å². The fraction of sp³-hybridized carbons (Fsp3) is 0.316. The van der Waals surface area contributed by atoms with Gasteiger partial charge in [-0.2, -0.15) is 0 Å². The topological polar surface area (TPSA) is 50.8 Å². The lowest BCUT2D eigenvalue weighted by atomic mass is 10.1. The van der Waals surface area contributed by atoms with E-state index in [4.69, 9.17) is 9.47 Å². The molecule has 0 bridgehead atoms. The van der Waals surface area contributed by atoms with E-state index in [-0.39, 0.29) is 12.1 Å². The van der Waals surface area contributed by atoms with Crippen molar-refractivity contribution in [1.82, 2.24) is 10.2 Å². The second-order valence-electron chi connectivity index (χ2n) is 5.72. The maximum atomic E-state index is 12.4. The summed E-state index contributed by atoms with van der Waals surface area (Å²) in [5.74, 6) is 0.809. The summed E-state index contributed by atoms with van der Waals surface area (Å²) in [7, 11) is 1.64. The highest BCUT2D eigenvalue weighted by Crippen LogP contribution is 2.22. The molecule has 0 saturated carbocycles. The van der Waals surface area contributed by atoms with Crippen LogP contribution in [0.15, 0.2) is 54.6 Å². The molecule has 1 heterocycles. The predicted octanol–water partition coefficient (Wildman–Crippen LogP) is 2.98. The fourth-order valence-corrected chi connectivity index (χ4v) is 2.74. The van der Waals surface area contributed by atoms with Crippen molar-refractivity contribution >= 4 is 6.03 Å². The Morgan fingerprint density at radius 2 is 1.96 bits per heavy atom. The number of carbonyl (C=O) groups excluding carboxylic acids is 1. The lowest BCUT2D eigenvalue weighted by molar-refractivity contribution is -0.0154. The zero-order chi connectivity index (χ0) is 16.8. The summed E-state index contributed by atoms with van der Waals surface area (Å²) in [6.07, 6.45) is -0.0633. The molecule has 2 amide bonds. The molecule has 1 fully saturated rings. The van der Waals surface area contributed by atoms with Gasteiger partial charge in [0.1, 0.15) is 11.9 Å². The van der Waals surface area contributed by atoms with Crippen LogP contribution in [-0.4, -0.2) is 37.7 Å². The first-order valence-electron chi connectivity index (χ1n) is 8.08. The number of amides is 2. The molecule has 0 aromatic heterocycles. The number of nitrogens with zero attached hydrogens (tertiary/aromatic N) is 1. The van der Waals surface area contributed by atoms with E-state index in [1.807, 2.05) is 59.5 Å². The predicted molar refractivity (Wildman–Crippen MR) is 91.9 cm³/mol. The van der Waals surface area contributed by atoms with E-state index in [1.165, 1.54) is 0 Å². The number of hydrogen-bond donors (Lipinski definition) is 1. The smallest absolute Gasteiger partial charge is 0.317 e. The van der Waals surface area contributed by atoms with Gasteiger partial charge >= 0.3 is 6.03 Å². The summed E-state index contributed by atoms with van der Waals surface area (Å²) < 4.78 is 10.9. The number of morpholine rings is 1. The highest BCUT2D eigenvalue weighted by Gasteiger charge is 2.25. The normalized spacial score (nSPS) is 17.4. The van der Waals surface area contributed by atoms with Gasteiger partial charge in [-0.25, -0.2) is 4.79 Å². The van der Waals surface area contributed by atoms with Crippen LogP contribution in [0.3, 0.4) is 0 Å². The van der Waals surface area contributed by atoms with Crippen LogP contribution in [0.25, 0.3) is 0 Å². The first-order valence-corrected chi connectivity index (χ1v) is 8.08. The Balaban J connectivity index is 1.54. The van der Waals surface area contributed by atoms with Gasteiger partial charge in [0.05, 0.1) is 20.3 Å². The summed E-state index contributed by atoms with van der Waals surface area (Å²) >= 11 is 0. The Bertz CT molecular complexity index is 658. The summed E-state index contributed by atoms with van der Waals surface area (Å²) in [5, 5.41) is 2.97. The molecule has 1 aliphatic heterocycles. The summed E-state index contributed by atoms with van der Waals surface area (Å²) in [4.78, 5) is 14.2. The monoisotopic (exact) mass is 326 g/mol. The highest BCUT2D eigenvalue weighted by atomic mass is 16.5. The molecule has 24 heavy (non-hydrogen) atoms. The van der Waals surface area contributed by atoms with Gasteiger partial charge < -0.3 is 19.7 Å². The molecule has 0 unspecified atom stereocenters. The van der Waals surface area contributed by atoms with Crippen LogP contribution < -0.4 is 10.1 Å². The molecular formula is C19H22N2O3. The number of ether oxygens (including phenoxy) is 2. The molecule has 126 valence electrons. The Morgan fingerprint density at radius 1 is 1.21 bits per heavy atom. The highest BCUT2D eigenvalue weighted by molar-refractivity contribution is 5.74. The minimum atomic E-state index is -0.0633. The molecule has 1 atom stereocenters. The maximum absolute atomic E-state index is 12.4. The van der Waals surface area contributed by atoms with Crippen molar-refractivity contribution in [1.29, 1.82) is 0 Å². The molecule has 0 spiro atoms. The van der Waals surface area contributed by atoms with Gasteiger partial charge in [0.25, 0.3) is 0 Å². The second-order valence-corrected chi connectivity index (χ2v) is 5.72. The largest absolute Gasteiger partial charge is 0.497 e. The van der Waals surface area contributed by atoms with E-state index < -0.39 is 0 Å². The van der Waals surface area contributed by atoms with Crippen molar-refractivity contribution in [2.45, 2.75) is 12.6 Å². The van der Waals surface area contributed by atoms with Gasteiger partial charge in [-0.15, -0.1) is 0 Å². The Kier molecular flexibility index (Phi) is 5.33. The third-order valence-corrected chi connectivity index (χ3v) is 4.13. The number of hydrogen-bond acceptors (Lipinski definition) is 3. The molecule has 0 aliphatic carbocycles. The Morgan fingerprint density at radius 3 is 2.67 bits per heavy atom. The van der Waals surface area contributed by atoms with Crippen molar-refractivity contribution < 1.29 is 14.3 Å². The molecule has 1 aliphatic rings. The molecule has 0 radical (unpaired) electrons. The summed E-state index contributed by atoms with van der Waals surface area (Å²) in [6, 6.07) is 17.6. The second kappa shape index (κ2) is 7.84. The molecule has 5 heteroatoms. The SMILES string of the molecule is COc1ccc(CNC(=O)N2CCO[C@H](c3ccccc3)C2)cc1. The number of urea groups is 1. The lowest BCUT2D eigenvalue weighted by Gasteiger charge is -2.33. The number of nitrogens with one attached hydrogen (secondary N) is 1. The van der Waals surface area contributed by atoms with Crippen LogP contribution in [0, 0.1) is 0 Å². The number of methoxy groups -OCH3 is 1. The minimum absolute atomic E-state index is 0.0601. The third-order valence-electron chi connectivity index (χ3n) is 4.13. The molecule has 1 N–H and O–H groups in total. The van der Waals surface area contributed by atoms with E-state index in [0.29, 0.717) is 26.2 Å². The number of benzene rings is 2. The first-order chi connectivity index (χ1) is 11.8. The van der Waals surface area contributed by atoms with Gasteiger partial charge in [0.2, 0.25) is 0 Å². The average molecular weight is 326 g/mol. The van der Waals surface area contributed by atoms with Gasteiger partial charge in [-0.3, -0.25) is 0 Å². The lowest BCUT2D eigenvalue weighted by Crippen LogP contribution is -2.46. The zero-order valence-electron chi connectivity index (χ0n) is 13.8. The molecule has 3 rings (SSSR count). The average Bonchev–Trinajstić information content (AvgIpc) is 2.67. The van der Waals surface area contributed by atoms with Crippen molar-refractivity contribution in [3.8, 4) is 5.75 Å². The molecular weight excluding hydrogens is 304 g/mol. The van der Waals surface area contributed by atoms with Crippen molar-refractivity contribution in [2.24, 2.45) is 0 Å². The van der Waals surface area contributed by atoms with Crippen LogP contribution >= 0.6 is 0 Å². The summed E-state index contributed by atoms with van der Waals surface area (Å²) in [6.45, 7) is 2.22. The van der Waals surface area contributed by atoms with E-state index in [2.05, 4.69) is 5.32 Å². The van der Waals surface area contributed by atoms with Crippen LogP contribution in [0.2, 0.25) is 0 Å². The molecule has 5 nitrogen and oxygen atoms in total. The van der Waals surface area contributed by atoms with Crippen LogP contribution in [0.4, 0.5) is 4.79 Å².